The number of nitrogens with one attached hydrogen (secondary N) is 1. The Hall–Kier alpha value is -3.84. The zero-order valence-electron chi connectivity index (χ0n) is 16.0. The summed E-state index contributed by atoms with van der Waals surface area (Å²) in [6, 6.07) is 20.5. The number of rotatable bonds is 5. The Kier molecular flexibility index (Phi) is 5.60. The smallest absolute Gasteiger partial charge is 0.270 e. The number of non-ortho nitro benzene ring substituents is 1. The molecule has 1 heterocycles. The van der Waals surface area contributed by atoms with Crippen LogP contribution in [0.2, 0.25) is 0 Å². The van der Waals surface area contributed by atoms with Gasteiger partial charge in [0.15, 0.2) is 5.78 Å². The van der Waals surface area contributed by atoms with Crippen molar-refractivity contribution in [3.63, 3.8) is 0 Å². The van der Waals surface area contributed by atoms with Crippen molar-refractivity contribution in [3.05, 3.63) is 115 Å². The number of nitro groups is 1. The van der Waals surface area contributed by atoms with Gasteiger partial charge in [0.1, 0.15) is 0 Å². The van der Waals surface area contributed by atoms with Crippen molar-refractivity contribution >= 4 is 44.4 Å². The van der Waals surface area contributed by atoms with E-state index in [2.05, 4.69) is 20.9 Å². The summed E-state index contributed by atoms with van der Waals surface area (Å²) in [5.74, 6) is -0.492. The van der Waals surface area contributed by atoms with Crippen LogP contribution in [0.25, 0.3) is 28.1 Å². The van der Waals surface area contributed by atoms with Crippen molar-refractivity contribution in [3.8, 4) is 11.1 Å². The van der Waals surface area contributed by atoms with Crippen LogP contribution in [-0.2, 0) is 0 Å². The van der Waals surface area contributed by atoms with Gasteiger partial charge in [-0.2, -0.15) is 0 Å². The van der Waals surface area contributed by atoms with Crippen molar-refractivity contribution < 1.29 is 9.72 Å². The van der Waals surface area contributed by atoms with Gasteiger partial charge in [-0.1, -0.05) is 64.5 Å². The Morgan fingerprint density at radius 1 is 1.00 bits per heavy atom. The fourth-order valence-electron chi connectivity index (χ4n) is 3.40. The number of benzene rings is 3. The molecule has 0 unspecified atom stereocenters. The van der Waals surface area contributed by atoms with Gasteiger partial charge >= 0.3 is 0 Å². The summed E-state index contributed by atoms with van der Waals surface area (Å²) in [5.41, 5.74) is 1.46. The molecule has 0 radical (unpaired) electrons. The van der Waals surface area contributed by atoms with Crippen molar-refractivity contribution in [2.75, 3.05) is 0 Å². The van der Waals surface area contributed by atoms with E-state index in [0.717, 1.165) is 10.0 Å². The molecule has 4 aromatic rings. The van der Waals surface area contributed by atoms with Crippen LogP contribution in [0.15, 0.2) is 88.1 Å². The highest BCUT2D eigenvalue weighted by Gasteiger charge is 2.21. The number of nitro benzene ring substituents is 1. The number of hydrogen-bond acceptors (Lipinski definition) is 4. The van der Waals surface area contributed by atoms with Crippen LogP contribution in [0.1, 0.15) is 15.9 Å². The quantitative estimate of drug-likeness (QED) is 0.172. The molecule has 0 spiro atoms. The van der Waals surface area contributed by atoms with Gasteiger partial charge in [-0.15, -0.1) is 0 Å². The summed E-state index contributed by atoms with van der Waals surface area (Å²) in [5, 5.41) is 11.7. The largest absolute Gasteiger partial charge is 0.321 e. The van der Waals surface area contributed by atoms with Crippen molar-refractivity contribution in [1.29, 1.82) is 0 Å². The lowest BCUT2D eigenvalue weighted by Gasteiger charge is -2.11. The van der Waals surface area contributed by atoms with Crippen molar-refractivity contribution in [1.82, 2.24) is 4.98 Å². The van der Waals surface area contributed by atoms with E-state index in [0.29, 0.717) is 22.0 Å². The maximum absolute atomic E-state index is 13.1. The SMILES string of the molecule is O=C(/C=C/c1cccc(Br)c1)c1c(-c2ccccc2)c2cc([N+](=O)[O-])ccc2[nH]c1=O. The molecule has 0 saturated carbocycles. The minimum absolute atomic E-state index is 0.0644. The Labute approximate surface area is 185 Å². The average Bonchev–Trinajstić information content (AvgIpc) is 2.77. The minimum Gasteiger partial charge on any atom is -0.321 e. The molecule has 4 rings (SSSR count). The molecule has 7 heteroatoms. The second kappa shape index (κ2) is 8.49. The predicted molar refractivity (Wildman–Crippen MR) is 124 cm³/mol. The normalized spacial score (nSPS) is 11.1. The first-order valence-corrected chi connectivity index (χ1v) is 10.1. The summed E-state index contributed by atoms with van der Waals surface area (Å²) in [6.07, 6.45) is 2.96. The summed E-state index contributed by atoms with van der Waals surface area (Å²) in [4.78, 5) is 39.5. The monoisotopic (exact) mass is 474 g/mol. The van der Waals surface area contributed by atoms with Gasteiger partial charge in [0.2, 0.25) is 0 Å². The van der Waals surface area contributed by atoms with E-state index in [1.54, 1.807) is 30.3 Å². The van der Waals surface area contributed by atoms with Gasteiger partial charge < -0.3 is 4.98 Å². The molecule has 0 aliphatic carbocycles. The summed E-state index contributed by atoms with van der Waals surface area (Å²) < 4.78 is 0.864. The van der Waals surface area contributed by atoms with Gasteiger partial charge in [-0.25, -0.2) is 0 Å². The van der Waals surface area contributed by atoms with E-state index >= 15 is 0 Å². The number of nitrogens with zero attached hydrogens (tertiary/aromatic N) is 1. The molecule has 0 aliphatic rings. The summed E-state index contributed by atoms with van der Waals surface area (Å²) >= 11 is 3.38. The molecule has 0 atom stereocenters. The molecule has 152 valence electrons. The second-order valence-electron chi connectivity index (χ2n) is 6.81. The summed E-state index contributed by atoms with van der Waals surface area (Å²) in [6.45, 7) is 0. The van der Waals surface area contributed by atoms with E-state index in [1.807, 2.05) is 30.3 Å². The van der Waals surface area contributed by atoms with Gasteiger partial charge in [-0.05, 0) is 35.4 Å². The molecule has 0 fully saturated rings. The predicted octanol–water partition coefficient (Wildman–Crippen LogP) is 5.76. The Bertz CT molecular complexity index is 1410. The standard InChI is InChI=1S/C24H15BrN2O4/c25-17-8-4-5-15(13-17)9-12-21(28)23-22(16-6-2-1-3-7-16)19-14-18(27(30)31)10-11-20(19)26-24(23)29/h1-14H,(H,26,29)/b12-9+. The topological polar surface area (TPSA) is 93.1 Å². The number of aromatic amines is 1. The molecule has 1 aromatic heterocycles. The number of carbonyl (C=O) groups excluding carboxylic acids is 1. The third kappa shape index (κ3) is 4.22. The van der Waals surface area contributed by atoms with Crippen molar-refractivity contribution in [2.45, 2.75) is 0 Å². The number of pyridine rings is 1. The lowest BCUT2D eigenvalue weighted by atomic mass is 9.93. The van der Waals surface area contributed by atoms with E-state index in [-0.39, 0.29) is 11.3 Å². The lowest BCUT2D eigenvalue weighted by Crippen LogP contribution is -2.18. The van der Waals surface area contributed by atoms with E-state index in [4.69, 9.17) is 0 Å². The fourth-order valence-corrected chi connectivity index (χ4v) is 3.82. The first-order valence-electron chi connectivity index (χ1n) is 9.32. The van der Waals surface area contributed by atoms with Gasteiger partial charge in [0.05, 0.1) is 10.5 Å². The van der Waals surface area contributed by atoms with E-state index in [1.165, 1.54) is 24.3 Å². The maximum atomic E-state index is 13.1. The van der Waals surface area contributed by atoms with Crippen LogP contribution in [0.3, 0.4) is 0 Å². The maximum Gasteiger partial charge on any atom is 0.270 e. The molecule has 0 bridgehead atoms. The van der Waals surface area contributed by atoms with Crippen LogP contribution in [0, 0.1) is 10.1 Å². The molecule has 1 N–H and O–H groups in total. The lowest BCUT2D eigenvalue weighted by molar-refractivity contribution is -0.384. The minimum atomic E-state index is -0.552. The van der Waals surface area contributed by atoms with Crippen LogP contribution in [-0.4, -0.2) is 15.7 Å². The number of halogens is 1. The zero-order valence-corrected chi connectivity index (χ0v) is 17.6. The number of hydrogen-bond donors (Lipinski definition) is 1. The number of H-pyrrole nitrogens is 1. The highest BCUT2D eigenvalue weighted by molar-refractivity contribution is 9.10. The Morgan fingerprint density at radius 3 is 2.48 bits per heavy atom. The molecular weight excluding hydrogens is 460 g/mol. The third-order valence-corrected chi connectivity index (χ3v) is 5.29. The highest BCUT2D eigenvalue weighted by Crippen LogP contribution is 2.32. The second-order valence-corrected chi connectivity index (χ2v) is 7.73. The summed E-state index contributed by atoms with van der Waals surface area (Å²) in [7, 11) is 0. The average molecular weight is 475 g/mol. The van der Waals surface area contributed by atoms with Gasteiger partial charge in [0.25, 0.3) is 11.2 Å². The van der Waals surface area contributed by atoms with E-state index in [9.17, 15) is 19.7 Å². The molecule has 31 heavy (non-hydrogen) atoms. The fraction of sp³-hybridized carbons (Fsp3) is 0. The Morgan fingerprint density at radius 2 is 1.77 bits per heavy atom. The van der Waals surface area contributed by atoms with Crippen LogP contribution >= 0.6 is 15.9 Å². The third-order valence-electron chi connectivity index (χ3n) is 4.79. The number of aromatic nitrogens is 1. The molecule has 0 saturated heterocycles. The number of ketones is 1. The molecule has 6 nitrogen and oxygen atoms in total. The molecular formula is C24H15BrN2O4. The highest BCUT2D eigenvalue weighted by atomic mass is 79.9. The molecule has 0 aliphatic heterocycles. The number of fused-ring (bicyclic) bond motifs is 1. The van der Waals surface area contributed by atoms with Gasteiger partial charge in [0, 0.05) is 33.1 Å². The Balaban J connectivity index is 1.95. The zero-order chi connectivity index (χ0) is 22.0. The van der Waals surface area contributed by atoms with Crippen LogP contribution in [0.4, 0.5) is 5.69 Å². The molecule has 0 amide bonds. The van der Waals surface area contributed by atoms with Gasteiger partial charge in [-0.3, -0.25) is 19.7 Å². The van der Waals surface area contributed by atoms with E-state index < -0.39 is 16.3 Å². The number of carbonyl (C=O) groups is 1. The van der Waals surface area contributed by atoms with Crippen molar-refractivity contribution in [2.24, 2.45) is 0 Å². The first-order chi connectivity index (χ1) is 14.9. The van der Waals surface area contributed by atoms with Crippen LogP contribution in [0.5, 0.6) is 0 Å². The van der Waals surface area contributed by atoms with Crippen LogP contribution < -0.4 is 5.56 Å². The first kappa shape index (κ1) is 20.4. The molecule has 3 aromatic carbocycles. The number of allylic oxidation sites excluding steroid dienone is 1.